The number of carboxylic acid groups (broad SMARTS) is 1. The van der Waals surface area contributed by atoms with Crippen molar-refractivity contribution in [3.05, 3.63) is 22.2 Å². The summed E-state index contributed by atoms with van der Waals surface area (Å²) in [5.41, 5.74) is 1.67. The summed E-state index contributed by atoms with van der Waals surface area (Å²) in [5.74, 6) is -0.869. The van der Waals surface area contributed by atoms with Crippen LogP contribution in [0.15, 0.2) is 17.3 Å². The Balaban J connectivity index is 2.15. The van der Waals surface area contributed by atoms with Crippen LogP contribution in [0.4, 0.5) is 0 Å². The maximum Gasteiger partial charge on any atom is 0.313 e. The highest BCUT2D eigenvalue weighted by Crippen LogP contribution is 2.47. The molecule has 3 rings (SSSR count). The average Bonchev–Trinajstić information content (AvgIpc) is 3.00. The summed E-state index contributed by atoms with van der Waals surface area (Å²) >= 11 is 13.3. The number of hydrogen-bond donors (Lipinski definition) is 1. The fourth-order valence-electron chi connectivity index (χ4n) is 2.20. The van der Waals surface area contributed by atoms with Gasteiger partial charge in [0.1, 0.15) is 0 Å². The highest BCUT2D eigenvalue weighted by Gasteiger charge is 2.42. The van der Waals surface area contributed by atoms with Crippen LogP contribution in [-0.4, -0.2) is 26.4 Å². The summed E-state index contributed by atoms with van der Waals surface area (Å²) in [7, 11) is 0. The van der Waals surface area contributed by atoms with E-state index < -0.39 is 5.97 Å². The topological polar surface area (TPSA) is 55.1 Å². The number of aromatic nitrogens is 2. The van der Waals surface area contributed by atoms with Crippen LogP contribution in [-0.2, 0) is 10.3 Å². The molecule has 1 aliphatic carbocycles. The number of fused-ring (bicyclic) bond motifs is 1. The fraction of sp³-hybridized carbons (Fsp3) is 0.385. The molecule has 1 fully saturated rings. The minimum Gasteiger partial charge on any atom is -0.481 e. The Hall–Kier alpha value is -0.910. The van der Waals surface area contributed by atoms with E-state index in [1.54, 1.807) is 12.1 Å². The van der Waals surface area contributed by atoms with E-state index in [2.05, 4.69) is 16.5 Å². The molecular formula is C13H12Cl2N2O2S. The molecule has 1 N–H and O–H groups in total. The largest absolute Gasteiger partial charge is 0.481 e. The Bertz CT molecular complexity index is 710. The summed E-state index contributed by atoms with van der Waals surface area (Å²) in [6.07, 6.45) is 2.11. The van der Waals surface area contributed by atoms with Crippen LogP contribution in [0, 0.1) is 0 Å². The van der Waals surface area contributed by atoms with Crippen LogP contribution >= 0.6 is 35.0 Å². The zero-order chi connectivity index (χ0) is 14.5. The summed E-state index contributed by atoms with van der Waals surface area (Å²) < 4.78 is 2.10. The van der Waals surface area contributed by atoms with Gasteiger partial charge in [0.05, 0.1) is 26.8 Å². The number of carboxylic acids is 1. The second-order valence-electron chi connectivity index (χ2n) is 5.16. The molecule has 0 saturated heterocycles. The summed E-state index contributed by atoms with van der Waals surface area (Å²) in [4.78, 5) is 15.3. The van der Waals surface area contributed by atoms with Crippen LogP contribution < -0.4 is 0 Å². The highest BCUT2D eigenvalue weighted by atomic mass is 35.5. The van der Waals surface area contributed by atoms with Crippen LogP contribution in [0.3, 0.4) is 0 Å². The van der Waals surface area contributed by atoms with Gasteiger partial charge in [0.25, 0.3) is 0 Å². The third-order valence-corrected chi connectivity index (χ3v) is 5.15. The molecule has 0 radical (unpaired) electrons. The molecule has 0 bridgehead atoms. The van der Waals surface area contributed by atoms with Crippen LogP contribution in [0.5, 0.6) is 0 Å². The lowest BCUT2D eigenvalue weighted by Crippen LogP contribution is -2.14. The smallest absolute Gasteiger partial charge is 0.313 e. The zero-order valence-corrected chi connectivity index (χ0v) is 13.0. The van der Waals surface area contributed by atoms with Crippen molar-refractivity contribution < 1.29 is 9.90 Å². The molecule has 1 aromatic heterocycles. The number of thioether (sulfide) groups is 1. The molecular weight excluding hydrogens is 319 g/mol. The molecule has 7 heteroatoms. The zero-order valence-electron chi connectivity index (χ0n) is 10.7. The Morgan fingerprint density at radius 2 is 2.10 bits per heavy atom. The molecule has 1 heterocycles. The van der Waals surface area contributed by atoms with Gasteiger partial charge in [-0.1, -0.05) is 35.0 Å². The van der Waals surface area contributed by atoms with Crippen molar-refractivity contribution in [1.29, 1.82) is 0 Å². The molecule has 0 spiro atoms. The first-order chi connectivity index (χ1) is 9.40. The van der Waals surface area contributed by atoms with E-state index in [-0.39, 0.29) is 11.3 Å². The van der Waals surface area contributed by atoms with E-state index >= 15 is 0 Å². The van der Waals surface area contributed by atoms with E-state index in [9.17, 15) is 4.79 Å². The van der Waals surface area contributed by atoms with Gasteiger partial charge in [0.2, 0.25) is 0 Å². The molecule has 1 aliphatic rings. The van der Waals surface area contributed by atoms with Crippen molar-refractivity contribution in [3.63, 3.8) is 0 Å². The predicted molar refractivity (Wildman–Crippen MR) is 81.0 cm³/mol. The van der Waals surface area contributed by atoms with Gasteiger partial charge in [-0.25, -0.2) is 4.98 Å². The number of imidazole rings is 1. The second-order valence-corrected chi connectivity index (χ2v) is 6.92. The SMILES string of the molecule is CC1(n2c(SCC(=O)O)nc3cc(Cl)c(Cl)cc32)CC1. The number of benzene rings is 1. The number of carbonyl (C=O) groups is 1. The van der Waals surface area contributed by atoms with Crippen molar-refractivity contribution in [2.45, 2.75) is 30.5 Å². The fourth-order valence-corrected chi connectivity index (χ4v) is 3.38. The first-order valence-electron chi connectivity index (χ1n) is 6.13. The van der Waals surface area contributed by atoms with Crippen LogP contribution in [0.1, 0.15) is 19.8 Å². The lowest BCUT2D eigenvalue weighted by atomic mass is 10.2. The van der Waals surface area contributed by atoms with E-state index in [0.717, 1.165) is 23.9 Å². The number of aliphatic carboxylic acids is 1. The molecule has 2 aromatic rings. The summed E-state index contributed by atoms with van der Waals surface area (Å²) in [6.45, 7) is 2.14. The standard InChI is InChI=1S/C13H12Cl2N2O2S/c1-13(2-3-13)17-10-5-8(15)7(14)4-9(10)16-12(17)20-6-11(18)19/h4-5H,2-3,6H2,1H3,(H,18,19). The Morgan fingerprint density at radius 1 is 1.45 bits per heavy atom. The average molecular weight is 331 g/mol. The van der Waals surface area contributed by atoms with E-state index in [1.165, 1.54) is 11.8 Å². The highest BCUT2D eigenvalue weighted by molar-refractivity contribution is 7.99. The van der Waals surface area contributed by atoms with Gasteiger partial charge >= 0.3 is 5.97 Å². The van der Waals surface area contributed by atoms with Crippen molar-refractivity contribution in [2.24, 2.45) is 0 Å². The molecule has 106 valence electrons. The van der Waals surface area contributed by atoms with Gasteiger partial charge in [0.15, 0.2) is 5.16 Å². The van der Waals surface area contributed by atoms with Gasteiger partial charge < -0.3 is 9.67 Å². The molecule has 4 nitrogen and oxygen atoms in total. The number of halogens is 2. The van der Waals surface area contributed by atoms with Gasteiger partial charge in [-0.2, -0.15) is 0 Å². The first-order valence-corrected chi connectivity index (χ1v) is 7.87. The third kappa shape index (κ3) is 2.38. The van der Waals surface area contributed by atoms with Crippen molar-refractivity contribution in [3.8, 4) is 0 Å². The van der Waals surface area contributed by atoms with E-state index in [0.29, 0.717) is 15.2 Å². The lowest BCUT2D eigenvalue weighted by Gasteiger charge is -2.15. The predicted octanol–water partition coefficient (Wildman–Crippen LogP) is 4.03. The van der Waals surface area contributed by atoms with Crippen LogP contribution in [0.2, 0.25) is 10.0 Å². The summed E-state index contributed by atoms with van der Waals surface area (Å²) in [5, 5.41) is 10.5. The molecule has 0 amide bonds. The molecule has 1 saturated carbocycles. The summed E-state index contributed by atoms with van der Waals surface area (Å²) in [6, 6.07) is 3.53. The van der Waals surface area contributed by atoms with Gasteiger partial charge in [-0.3, -0.25) is 4.79 Å². The van der Waals surface area contributed by atoms with E-state index in [4.69, 9.17) is 28.3 Å². The number of nitrogens with zero attached hydrogens (tertiary/aromatic N) is 2. The monoisotopic (exact) mass is 330 g/mol. The van der Waals surface area contributed by atoms with Crippen molar-refractivity contribution in [1.82, 2.24) is 9.55 Å². The quantitative estimate of drug-likeness (QED) is 0.860. The van der Waals surface area contributed by atoms with Gasteiger partial charge in [-0.05, 0) is 31.9 Å². The van der Waals surface area contributed by atoms with Crippen molar-refractivity contribution >= 4 is 52.0 Å². The molecule has 0 unspecified atom stereocenters. The Morgan fingerprint density at radius 3 is 2.70 bits per heavy atom. The second kappa shape index (κ2) is 4.83. The molecule has 1 aromatic carbocycles. The minimum atomic E-state index is -0.856. The van der Waals surface area contributed by atoms with Gasteiger partial charge in [-0.15, -0.1) is 0 Å². The van der Waals surface area contributed by atoms with Gasteiger partial charge in [0, 0.05) is 5.54 Å². The number of rotatable bonds is 4. The third-order valence-electron chi connectivity index (χ3n) is 3.50. The maximum absolute atomic E-state index is 10.8. The van der Waals surface area contributed by atoms with E-state index in [1.807, 2.05) is 0 Å². The molecule has 20 heavy (non-hydrogen) atoms. The van der Waals surface area contributed by atoms with Crippen LogP contribution in [0.25, 0.3) is 11.0 Å². The maximum atomic E-state index is 10.8. The van der Waals surface area contributed by atoms with Crippen molar-refractivity contribution in [2.75, 3.05) is 5.75 Å². The molecule has 0 aliphatic heterocycles. The minimum absolute atomic E-state index is 0.00669. The Labute approximate surface area is 130 Å². The molecule has 0 atom stereocenters. The Kier molecular flexibility index (Phi) is 3.39. The normalized spacial score (nSPS) is 16.6. The lowest BCUT2D eigenvalue weighted by molar-refractivity contribution is -0.133. The first kappa shape index (κ1) is 14.0. The number of hydrogen-bond acceptors (Lipinski definition) is 3.